The number of nitrogens with one attached hydrogen (secondary N) is 3. The summed E-state index contributed by atoms with van der Waals surface area (Å²) in [5.41, 5.74) is 0.531. The van der Waals surface area contributed by atoms with E-state index < -0.39 is 10.0 Å². The highest BCUT2D eigenvalue weighted by Crippen LogP contribution is 2.30. The van der Waals surface area contributed by atoms with Crippen LogP contribution in [0.3, 0.4) is 0 Å². The van der Waals surface area contributed by atoms with Gasteiger partial charge in [0.05, 0.1) is 11.6 Å². The third-order valence-electron chi connectivity index (χ3n) is 2.69. The zero-order chi connectivity index (χ0) is 15.5. The smallest absolute Gasteiger partial charge is 0.242 e. The summed E-state index contributed by atoms with van der Waals surface area (Å²) in [5.74, 6) is 0.402. The Morgan fingerprint density at radius 2 is 2.05 bits per heavy atom. The predicted molar refractivity (Wildman–Crippen MR) is 79.6 cm³/mol. The van der Waals surface area contributed by atoms with Gasteiger partial charge in [0, 0.05) is 17.1 Å². The highest BCUT2D eigenvalue weighted by Gasteiger charge is 2.21. The molecule has 0 spiro atoms. The quantitative estimate of drug-likeness (QED) is 0.729. The van der Waals surface area contributed by atoms with Crippen LogP contribution in [0.4, 0.5) is 0 Å². The molecule has 0 aliphatic heterocycles. The van der Waals surface area contributed by atoms with Crippen LogP contribution in [0.15, 0.2) is 23.4 Å². The highest BCUT2D eigenvalue weighted by molar-refractivity contribution is 7.89. The fourth-order valence-corrected chi connectivity index (χ4v) is 3.58. The summed E-state index contributed by atoms with van der Waals surface area (Å²) in [6.07, 6.45) is 1.30. The molecule has 7 nitrogen and oxygen atoms in total. The molecule has 0 saturated heterocycles. The van der Waals surface area contributed by atoms with Gasteiger partial charge in [0.1, 0.15) is 17.0 Å². The zero-order valence-corrected chi connectivity index (χ0v) is 13.3. The van der Waals surface area contributed by atoms with E-state index in [9.17, 15) is 8.42 Å². The number of rotatable bonds is 6. The van der Waals surface area contributed by atoms with E-state index in [1.165, 1.54) is 18.5 Å². The number of H-pyrrole nitrogens is 1. The summed E-state index contributed by atoms with van der Waals surface area (Å²) in [7, 11) is -2.06. The molecule has 3 N–H and O–H groups in total. The largest absolute Gasteiger partial charge is 0.316 e. The lowest BCUT2D eigenvalue weighted by Gasteiger charge is -2.12. The van der Waals surface area contributed by atoms with Crippen LogP contribution in [0.2, 0.25) is 10.0 Å². The number of benzene rings is 1. The van der Waals surface area contributed by atoms with Gasteiger partial charge in [-0.25, -0.2) is 18.1 Å². The molecule has 114 valence electrons. The lowest BCUT2D eigenvalue weighted by molar-refractivity contribution is 0.579. The summed E-state index contributed by atoms with van der Waals surface area (Å²) in [6.45, 7) is 0.353. The van der Waals surface area contributed by atoms with Crippen molar-refractivity contribution in [2.45, 2.75) is 18.0 Å². The summed E-state index contributed by atoms with van der Waals surface area (Å²) >= 11 is 12.2. The van der Waals surface area contributed by atoms with E-state index in [1.807, 2.05) is 0 Å². The molecule has 0 radical (unpaired) electrons. The van der Waals surface area contributed by atoms with Gasteiger partial charge >= 0.3 is 0 Å². The molecule has 0 unspecified atom stereocenters. The second-order valence-corrected chi connectivity index (χ2v) is 6.65. The minimum absolute atomic E-state index is 0.0113. The van der Waals surface area contributed by atoms with Crippen molar-refractivity contribution in [1.29, 1.82) is 0 Å². The van der Waals surface area contributed by atoms with Gasteiger partial charge < -0.3 is 5.32 Å². The summed E-state index contributed by atoms with van der Waals surface area (Å²) < 4.78 is 27.0. The number of sulfonamides is 1. The third kappa shape index (κ3) is 3.72. The van der Waals surface area contributed by atoms with Crippen molar-refractivity contribution in [1.82, 2.24) is 25.2 Å². The van der Waals surface area contributed by atoms with E-state index in [0.29, 0.717) is 23.0 Å². The topological polar surface area (TPSA) is 99.8 Å². The van der Waals surface area contributed by atoms with Crippen LogP contribution >= 0.6 is 23.2 Å². The van der Waals surface area contributed by atoms with Crippen LogP contribution in [-0.2, 0) is 23.1 Å². The maximum atomic E-state index is 12.3. The zero-order valence-electron chi connectivity index (χ0n) is 11.0. The molecule has 10 heteroatoms. The number of hydrogen-bond acceptors (Lipinski definition) is 5. The number of halogens is 2. The van der Waals surface area contributed by atoms with E-state index in [0.717, 1.165) is 0 Å². The van der Waals surface area contributed by atoms with Crippen LogP contribution < -0.4 is 10.0 Å². The molecule has 21 heavy (non-hydrogen) atoms. The van der Waals surface area contributed by atoms with Crippen molar-refractivity contribution in [3.05, 3.63) is 39.9 Å². The first-order valence-corrected chi connectivity index (χ1v) is 8.15. The molecule has 1 heterocycles. The molecular formula is C11H13Cl2N5O2S. The average molecular weight is 350 g/mol. The minimum Gasteiger partial charge on any atom is -0.316 e. The van der Waals surface area contributed by atoms with Crippen LogP contribution in [0.5, 0.6) is 0 Å². The Hall–Kier alpha value is -1.19. The minimum atomic E-state index is -3.78. The maximum Gasteiger partial charge on any atom is 0.242 e. The van der Waals surface area contributed by atoms with Gasteiger partial charge in [-0.3, -0.25) is 5.10 Å². The molecule has 0 saturated carbocycles. The number of aromatic nitrogens is 3. The third-order valence-corrected chi connectivity index (χ3v) is 5.03. The van der Waals surface area contributed by atoms with Gasteiger partial charge in [0.15, 0.2) is 0 Å². The molecular weight excluding hydrogens is 337 g/mol. The Labute approximate surface area is 132 Å². The van der Waals surface area contributed by atoms with E-state index in [-0.39, 0.29) is 16.5 Å². The van der Waals surface area contributed by atoms with Crippen molar-refractivity contribution in [3.8, 4) is 0 Å². The Kier molecular flexibility index (Phi) is 5.17. The SMILES string of the molecule is CNCc1c(Cl)ccc(S(=O)(=O)NCc2ncn[nH]2)c1Cl. The van der Waals surface area contributed by atoms with Crippen molar-refractivity contribution < 1.29 is 8.42 Å². The highest BCUT2D eigenvalue weighted by atomic mass is 35.5. The van der Waals surface area contributed by atoms with Gasteiger partial charge in [-0.1, -0.05) is 23.2 Å². The number of hydrogen-bond donors (Lipinski definition) is 3. The Bertz CT molecular complexity index is 718. The van der Waals surface area contributed by atoms with Crippen LogP contribution in [0.25, 0.3) is 0 Å². The van der Waals surface area contributed by atoms with Crippen molar-refractivity contribution >= 4 is 33.2 Å². The normalized spacial score (nSPS) is 11.8. The predicted octanol–water partition coefficient (Wildman–Crippen LogP) is 1.31. The first-order valence-electron chi connectivity index (χ1n) is 5.91. The number of nitrogens with zero attached hydrogens (tertiary/aromatic N) is 2. The fourth-order valence-electron chi connectivity index (χ4n) is 1.68. The maximum absolute atomic E-state index is 12.3. The first-order chi connectivity index (χ1) is 9.95. The Morgan fingerprint density at radius 1 is 1.29 bits per heavy atom. The van der Waals surface area contributed by atoms with Gasteiger partial charge in [-0.15, -0.1) is 0 Å². The molecule has 2 aromatic rings. The molecule has 2 rings (SSSR count). The second kappa shape index (κ2) is 6.71. The van der Waals surface area contributed by atoms with E-state index in [1.54, 1.807) is 7.05 Å². The van der Waals surface area contributed by atoms with Crippen LogP contribution in [0.1, 0.15) is 11.4 Å². The first kappa shape index (κ1) is 16.2. The average Bonchev–Trinajstić information content (AvgIpc) is 2.94. The molecule has 1 aromatic heterocycles. The molecule has 0 amide bonds. The van der Waals surface area contributed by atoms with Gasteiger partial charge in [-0.2, -0.15) is 5.10 Å². The Balaban J connectivity index is 2.29. The molecule has 1 aromatic carbocycles. The molecule has 0 aliphatic rings. The lowest BCUT2D eigenvalue weighted by Crippen LogP contribution is -2.24. The lowest BCUT2D eigenvalue weighted by atomic mass is 10.2. The summed E-state index contributed by atoms with van der Waals surface area (Å²) in [4.78, 5) is 3.81. The fraction of sp³-hybridized carbons (Fsp3) is 0.273. The van der Waals surface area contributed by atoms with Gasteiger partial charge in [0.25, 0.3) is 0 Å². The van der Waals surface area contributed by atoms with Crippen LogP contribution in [0, 0.1) is 0 Å². The molecule has 0 atom stereocenters. The van der Waals surface area contributed by atoms with E-state index >= 15 is 0 Å². The summed E-state index contributed by atoms with van der Waals surface area (Å²) in [6, 6.07) is 2.87. The van der Waals surface area contributed by atoms with Gasteiger partial charge in [0.2, 0.25) is 10.0 Å². The van der Waals surface area contributed by atoms with Crippen molar-refractivity contribution in [2.24, 2.45) is 0 Å². The van der Waals surface area contributed by atoms with E-state index in [2.05, 4.69) is 25.2 Å². The number of aromatic amines is 1. The summed E-state index contributed by atoms with van der Waals surface area (Å²) in [5, 5.41) is 9.60. The standard InChI is InChI=1S/C11H13Cl2N5O2S/c1-14-4-7-8(12)2-3-9(11(7)13)21(19,20)17-5-10-15-6-16-18-10/h2-3,6,14,17H,4-5H2,1H3,(H,15,16,18). The van der Waals surface area contributed by atoms with Gasteiger partial charge in [-0.05, 0) is 19.2 Å². The molecule has 0 aliphatic carbocycles. The molecule has 0 fully saturated rings. The second-order valence-electron chi connectivity index (χ2n) is 4.13. The molecule has 0 bridgehead atoms. The van der Waals surface area contributed by atoms with Crippen molar-refractivity contribution in [2.75, 3.05) is 7.05 Å². The monoisotopic (exact) mass is 349 g/mol. The Morgan fingerprint density at radius 3 is 2.67 bits per heavy atom. The van der Waals surface area contributed by atoms with E-state index in [4.69, 9.17) is 23.2 Å². The van der Waals surface area contributed by atoms with Crippen molar-refractivity contribution in [3.63, 3.8) is 0 Å². The van der Waals surface area contributed by atoms with Crippen LogP contribution in [-0.4, -0.2) is 30.6 Å².